The number of carbonyl (C=O) groups excluding carboxylic acids is 1. The highest BCUT2D eigenvalue weighted by Crippen LogP contribution is 2.42. The lowest BCUT2D eigenvalue weighted by Gasteiger charge is -2.17. The second-order valence-corrected chi connectivity index (χ2v) is 9.71. The highest BCUT2D eigenvalue weighted by molar-refractivity contribution is 7.47. The number of methoxy groups -OCH3 is 1. The Hall–Kier alpha value is -0.760. The molecule has 0 radical (unpaired) electrons. The topological polar surface area (TPSA) is 117 Å². The molecule has 0 fully saturated rings. The summed E-state index contributed by atoms with van der Waals surface area (Å²) in [5.74, 6) is -0.304. The van der Waals surface area contributed by atoms with Gasteiger partial charge in [0, 0.05) is 20.1 Å². The molecule has 0 aliphatic heterocycles. The maximum Gasteiger partial charge on any atom is 0.472 e. The summed E-state index contributed by atoms with van der Waals surface area (Å²) < 4.78 is 31.3. The van der Waals surface area contributed by atoms with Crippen LogP contribution >= 0.6 is 7.82 Å². The number of esters is 1. The van der Waals surface area contributed by atoms with Gasteiger partial charge in [-0.05, 0) is 32.1 Å². The molecular weight excluding hydrogens is 445 g/mol. The van der Waals surface area contributed by atoms with Gasteiger partial charge in [0.05, 0.1) is 13.2 Å². The Morgan fingerprint density at radius 1 is 0.909 bits per heavy atom. The first-order chi connectivity index (χ1) is 15.9. The second kappa shape index (κ2) is 23.0. The predicted octanol–water partition coefficient (Wildman–Crippen LogP) is 5.67. The van der Waals surface area contributed by atoms with Crippen molar-refractivity contribution < 1.29 is 32.8 Å². The first-order valence-corrected chi connectivity index (χ1v) is 14.1. The van der Waals surface area contributed by atoms with E-state index in [0.717, 1.165) is 25.7 Å². The summed E-state index contributed by atoms with van der Waals surface area (Å²) in [7, 11) is -2.76. The third-order valence-electron chi connectivity index (χ3n) is 5.20. The molecule has 3 N–H and O–H groups in total. The molecular formula is C24H48NO7P. The maximum atomic E-state index is 11.9. The van der Waals surface area contributed by atoms with E-state index < -0.39 is 13.9 Å². The van der Waals surface area contributed by atoms with Gasteiger partial charge in [0.25, 0.3) is 0 Å². The normalized spacial score (nSPS) is 14.4. The van der Waals surface area contributed by atoms with Gasteiger partial charge >= 0.3 is 13.8 Å². The van der Waals surface area contributed by atoms with Crippen LogP contribution in [0, 0.1) is 0 Å². The molecule has 2 atom stereocenters. The first-order valence-electron chi connectivity index (χ1n) is 12.6. The zero-order valence-corrected chi connectivity index (χ0v) is 21.8. The molecule has 0 aliphatic carbocycles. The van der Waals surface area contributed by atoms with Crippen molar-refractivity contribution >= 4 is 13.8 Å². The number of hydrogen-bond acceptors (Lipinski definition) is 7. The lowest BCUT2D eigenvalue weighted by molar-refractivity contribution is -0.148. The summed E-state index contributed by atoms with van der Waals surface area (Å²) in [4.78, 5) is 21.3. The molecule has 8 nitrogen and oxygen atoms in total. The number of carbonyl (C=O) groups is 1. The molecule has 196 valence electrons. The van der Waals surface area contributed by atoms with E-state index in [0.29, 0.717) is 6.42 Å². The predicted molar refractivity (Wildman–Crippen MR) is 132 cm³/mol. The Morgan fingerprint density at radius 2 is 1.48 bits per heavy atom. The molecule has 0 aromatic carbocycles. The fraction of sp³-hybridized carbons (Fsp3) is 0.875. The largest absolute Gasteiger partial charge is 0.472 e. The van der Waals surface area contributed by atoms with Crippen LogP contribution in [0.15, 0.2) is 12.2 Å². The summed E-state index contributed by atoms with van der Waals surface area (Å²) in [5.41, 5.74) is 5.22. The summed E-state index contributed by atoms with van der Waals surface area (Å²) in [6.45, 7) is 2.00. The Balaban J connectivity index is 3.60. The van der Waals surface area contributed by atoms with Crippen LogP contribution in [-0.2, 0) is 27.9 Å². The van der Waals surface area contributed by atoms with Gasteiger partial charge < -0.3 is 20.1 Å². The van der Waals surface area contributed by atoms with Crippen LogP contribution in [-0.4, -0.2) is 50.4 Å². The average Bonchev–Trinajstić information content (AvgIpc) is 2.80. The van der Waals surface area contributed by atoms with Crippen LogP contribution in [0.5, 0.6) is 0 Å². The number of hydrogen-bond donors (Lipinski definition) is 2. The number of phosphoric ester groups is 1. The SMILES string of the molecule is CCCCCCCC/C=C\CCCCCCCC(=O)OCC(COP(=O)(O)OCCN)OC. The Labute approximate surface area is 201 Å². The van der Waals surface area contributed by atoms with Crippen molar-refractivity contribution in [2.24, 2.45) is 5.73 Å². The molecule has 0 amide bonds. The highest BCUT2D eigenvalue weighted by atomic mass is 31.2. The van der Waals surface area contributed by atoms with Crippen molar-refractivity contribution in [1.29, 1.82) is 0 Å². The lowest BCUT2D eigenvalue weighted by Crippen LogP contribution is -2.26. The quantitative estimate of drug-likeness (QED) is 0.0764. The van der Waals surface area contributed by atoms with Crippen LogP contribution in [0.2, 0.25) is 0 Å². The minimum Gasteiger partial charge on any atom is -0.463 e. The average molecular weight is 494 g/mol. The van der Waals surface area contributed by atoms with E-state index in [-0.39, 0.29) is 32.3 Å². The van der Waals surface area contributed by atoms with Crippen molar-refractivity contribution in [1.82, 2.24) is 0 Å². The van der Waals surface area contributed by atoms with Gasteiger partial charge in [-0.15, -0.1) is 0 Å². The monoisotopic (exact) mass is 493 g/mol. The molecule has 9 heteroatoms. The van der Waals surface area contributed by atoms with Crippen LogP contribution < -0.4 is 5.73 Å². The van der Waals surface area contributed by atoms with Crippen LogP contribution in [0.25, 0.3) is 0 Å². The number of allylic oxidation sites excluding steroid dienone is 2. The molecule has 2 unspecified atom stereocenters. The minimum atomic E-state index is -4.17. The van der Waals surface area contributed by atoms with Crippen LogP contribution in [0.1, 0.15) is 96.8 Å². The van der Waals surface area contributed by atoms with E-state index in [2.05, 4.69) is 23.6 Å². The van der Waals surface area contributed by atoms with E-state index in [9.17, 15) is 14.3 Å². The van der Waals surface area contributed by atoms with E-state index in [4.69, 9.17) is 19.7 Å². The molecule has 0 saturated heterocycles. The molecule has 0 aliphatic rings. The van der Waals surface area contributed by atoms with Gasteiger partial charge in [-0.1, -0.05) is 70.4 Å². The van der Waals surface area contributed by atoms with Gasteiger partial charge in [-0.25, -0.2) is 4.57 Å². The van der Waals surface area contributed by atoms with Gasteiger partial charge in [-0.3, -0.25) is 13.8 Å². The van der Waals surface area contributed by atoms with Gasteiger partial charge in [-0.2, -0.15) is 0 Å². The van der Waals surface area contributed by atoms with Crippen molar-refractivity contribution in [2.75, 3.05) is 33.5 Å². The maximum absolute atomic E-state index is 11.9. The van der Waals surface area contributed by atoms with Gasteiger partial charge in [0.1, 0.15) is 12.7 Å². The minimum absolute atomic E-state index is 0.0443. The summed E-state index contributed by atoms with van der Waals surface area (Å²) in [6.07, 6.45) is 20.0. The molecule has 0 saturated carbocycles. The van der Waals surface area contributed by atoms with Crippen molar-refractivity contribution in [3.05, 3.63) is 12.2 Å². The number of nitrogens with two attached hydrogens (primary N) is 1. The molecule has 33 heavy (non-hydrogen) atoms. The van der Waals surface area contributed by atoms with Crippen molar-refractivity contribution in [2.45, 2.75) is 103 Å². The van der Waals surface area contributed by atoms with Crippen molar-refractivity contribution in [3.8, 4) is 0 Å². The van der Waals surface area contributed by atoms with E-state index in [1.807, 2.05) is 0 Å². The van der Waals surface area contributed by atoms with Crippen LogP contribution in [0.4, 0.5) is 0 Å². The molecule has 0 spiro atoms. The van der Waals surface area contributed by atoms with Crippen molar-refractivity contribution in [3.63, 3.8) is 0 Å². The highest BCUT2D eigenvalue weighted by Gasteiger charge is 2.23. The third kappa shape index (κ3) is 22.8. The lowest BCUT2D eigenvalue weighted by atomic mass is 10.1. The number of phosphoric acid groups is 1. The Bertz CT molecular complexity index is 531. The second-order valence-electron chi connectivity index (χ2n) is 8.26. The van der Waals surface area contributed by atoms with E-state index in [1.165, 1.54) is 64.9 Å². The summed E-state index contributed by atoms with van der Waals surface area (Å²) in [5, 5.41) is 0. The number of rotatable bonds is 24. The van der Waals surface area contributed by atoms with E-state index in [1.54, 1.807) is 0 Å². The fourth-order valence-corrected chi connectivity index (χ4v) is 3.93. The van der Waals surface area contributed by atoms with Gasteiger partial charge in [0.2, 0.25) is 0 Å². The molecule has 0 rings (SSSR count). The Morgan fingerprint density at radius 3 is 2.06 bits per heavy atom. The molecule has 0 aromatic rings. The summed E-state index contributed by atoms with van der Waals surface area (Å²) >= 11 is 0. The zero-order valence-electron chi connectivity index (χ0n) is 20.9. The van der Waals surface area contributed by atoms with Gasteiger partial charge in [0.15, 0.2) is 0 Å². The number of unbranched alkanes of at least 4 members (excludes halogenated alkanes) is 11. The number of ether oxygens (including phenoxy) is 2. The molecule has 0 bridgehead atoms. The third-order valence-corrected chi connectivity index (χ3v) is 6.19. The molecule has 0 aromatic heterocycles. The fourth-order valence-electron chi connectivity index (χ4n) is 3.16. The van der Waals surface area contributed by atoms with Crippen LogP contribution in [0.3, 0.4) is 0 Å². The Kier molecular flexibility index (Phi) is 22.5. The first kappa shape index (κ1) is 32.2. The van der Waals surface area contributed by atoms with E-state index >= 15 is 0 Å². The zero-order chi connectivity index (χ0) is 24.6. The summed E-state index contributed by atoms with van der Waals surface area (Å²) in [6, 6.07) is 0. The standard InChI is InChI=1S/C24H48NO7P/c1-3-4-5-6-7-8-9-10-11-12-13-14-15-16-17-18-24(26)30-21-23(29-2)22-32-33(27,28)31-20-19-25/h10-11,23H,3-9,12-22,25H2,1-2H3,(H,27,28)/b11-10-. The smallest absolute Gasteiger partial charge is 0.463 e. The molecule has 0 heterocycles.